The first-order valence-corrected chi connectivity index (χ1v) is 18.2. The third-order valence-corrected chi connectivity index (χ3v) is 7.87. The summed E-state index contributed by atoms with van der Waals surface area (Å²) in [7, 11) is 1.44. The van der Waals surface area contributed by atoms with Gasteiger partial charge in [-0.05, 0) is 49.3 Å². The van der Waals surface area contributed by atoms with Crippen molar-refractivity contribution in [1.29, 1.82) is 0 Å². The summed E-state index contributed by atoms with van der Waals surface area (Å²) in [4.78, 5) is 76.1. The zero-order chi connectivity index (χ0) is 40.5. The molecule has 1 aromatic rings. The Kier molecular flexibility index (Phi) is 23.9. The number of likely N-dealkylation sites (N-methyl/N-ethyl adjacent to an activating group) is 1. The number of nitrogens with zero attached hydrogens (tertiary/aromatic N) is 1. The molecule has 0 aliphatic rings. The molecule has 0 fully saturated rings. The van der Waals surface area contributed by atoms with E-state index in [-0.39, 0.29) is 51.0 Å². The molecule has 0 radical (unpaired) electrons. The molecule has 306 valence electrons. The molecule has 0 spiro atoms. The number of ether oxygens (including phenoxy) is 5. The van der Waals surface area contributed by atoms with Gasteiger partial charge in [0.2, 0.25) is 23.6 Å². The molecule has 0 aromatic heterocycles. The number of carbonyl (C=O) groups excluding carboxylic acids is 6. The second kappa shape index (κ2) is 27.1. The second-order valence-corrected chi connectivity index (χ2v) is 13.0. The summed E-state index contributed by atoms with van der Waals surface area (Å²) in [5.41, 5.74) is 11.6. The van der Waals surface area contributed by atoms with Gasteiger partial charge in [0, 0.05) is 32.3 Å². The van der Waals surface area contributed by atoms with E-state index in [2.05, 4.69) is 21.3 Å². The van der Waals surface area contributed by atoms with Gasteiger partial charge in [0.15, 0.2) is 0 Å². The normalized spacial score (nSPS) is 12.7. The van der Waals surface area contributed by atoms with Gasteiger partial charge in [-0.2, -0.15) is 0 Å². The van der Waals surface area contributed by atoms with Gasteiger partial charge in [0.05, 0.1) is 46.2 Å². The number of anilines is 1. The van der Waals surface area contributed by atoms with Gasteiger partial charge in [-0.25, -0.2) is 9.59 Å². The predicted octanol–water partition coefficient (Wildman–Crippen LogP) is 1.25. The lowest BCUT2D eigenvalue weighted by Gasteiger charge is -2.27. The first-order valence-electron chi connectivity index (χ1n) is 18.2. The van der Waals surface area contributed by atoms with E-state index in [0.717, 1.165) is 4.90 Å². The van der Waals surface area contributed by atoms with Crippen LogP contribution in [0.1, 0.15) is 59.4 Å². The van der Waals surface area contributed by atoms with Crippen LogP contribution in [-0.2, 0) is 49.5 Å². The minimum atomic E-state index is -1.03. The Labute approximate surface area is 318 Å². The fraction of sp³-hybridized carbons (Fsp3) is 0.667. The van der Waals surface area contributed by atoms with E-state index in [1.54, 1.807) is 52.0 Å². The highest BCUT2D eigenvalue weighted by Gasteiger charge is 2.30. The van der Waals surface area contributed by atoms with Crippen molar-refractivity contribution in [2.45, 2.75) is 78.6 Å². The van der Waals surface area contributed by atoms with Gasteiger partial charge >= 0.3 is 12.1 Å². The first kappa shape index (κ1) is 47.5. The van der Waals surface area contributed by atoms with Crippen molar-refractivity contribution in [3.63, 3.8) is 0 Å². The van der Waals surface area contributed by atoms with Gasteiger partial charge in [0.25, 0.3) is 0 Å². The van der Waals surface area contributed by atoms with Crippen molar-refractivity contribution in [3.8, 4) is 0 Å². The number of urea groups is 1. The van der Waals surface area contributed by atoms with Crippen LogP contribution in [0.15, 0.2) is 24.3 Å². The smallest absolute Gasteiger partial charge is 0.410 e. The summed E-state index contributed by atoms with van der Waals surface area (Å²) < 4.78 is 26.8. The summed E-state index contributed by atoms with van der Waals surface area (Å²) in [6.45, 7) is 12.3. The third-order valence-electron chi connectivity index (χ3n) is 7.87. The Morgan fingerprint density at radius 1 is 0.759 bits per heavy atom. The maximum Gasteiger partial charge on any atom is 0.410 e. The van der Waals surface area contributed by atoms with E-state index in [1.807, 2.05) is 6.92 Å². The fourth-order valence-corrected chi connectivity index (χ4v) is 5.04. The summed E-state index contributed by atoms with van der Waals surface area (Å²) in [5, 5.41) is 10.7. The zero-order valence-electron chi connectivity index (χ0n) is 32.5. The third kappa shape index (κ3) is 20.1. The number of nitrogens with one attached hydrogen (secondary N) is 4. The lowest BCUT2D eigenvalue weighted by molar-refractivity contribution is -0.132. The lowest BCUT2D eigenvalue weighted by Crippen LogP contribution is -2.54. The average molecular weight is 768 g/mol. The topological polar surface area (TPSA) is 252 Å². The van der Waals surface area contributed by atoms with Gasteiger partial charge < -0.3 is 56.4 Å². The molecule has 1 rings (SSSR count). The molecule has 18 nitrogen and oxygen atoms in total. The Hall–Kier alpha value is -4.52. The average Bonchev–Trinajstić information content (AvgIpc) is 3.11. The molecule has 0 aliphatic heterocycles. The van der Waals surface area contributed by atoms with Crippen LogP contribution in [-0.4, -0.2) is 125 Å². The summed E-state index contributed by atoms with van der Waals surface area (Å²) in [5.74, 6) is -2.65. The van der Waals surface area contributed by atoms with Gasteiger partial charge in [-0.15, -0.1) is 0 Å². The van der Waals surface area contributed by atoms with Gasteiger partial charge in [-0.3, -0.25) is 24.1 Å². The number of primary amides is 2. The van der Waals surface area contributed by atoms with Crippen LogP contribution in [0.2, 0.25) is 0 Å². The summed E-state index contributed by atoms with van der Waals surface area (Å²) >= 11 is 0. The number of rotatable bonds is 28. The molecule has 8 N–H and O–H groups in total. The van der Waals surface area contributed by atoms with Crippen molar-refractivity contribution in [2.24, 2.45) is 23.3 Å². The van der Waals surface area contributed by atoms with E-state index in [0.29, 0.717) is 57.3 Å². The van der Waals surface area contributed by atoms with Gasteiger partial charge in [0.1, 0.15) is 24.7 Å². The van der Waals surface area contributed by atoms with Crippen LogP contribution in [0.5, 0.6) is 0 Å². The minimum absolute atomic E-state index is 0.0114. The number of hydrogen-bond donors (Lipinski definition) is 6. The number of carbonyl (C=O) groups is 6. The lowest BCUT2D eigenvalue weighted by atomic mass is 10.0. The van der Waals surface area contributed by atoms with Crippen molar-refractivity contribution >= 4 is 41.4 Å². The van der Waals surface area contributed by atoms with Gasteiger partial charge in [-0.1, -0.05) is 39.8 Å². The molecule has 1 aromatic carbocycles. The van der Waals surface area contributed by atoms with E-state index >= 15 is 0 Å². The molecular weight excluding hydrogens is 706 g/mol. The Balaban J connectivity index is 2.72. The zero-order valence-corrected chi connectivity index (χ0v) is 32.5. The molecule has 0 saturated carbocycles. The van der Waals surface area contributed by atoms with Crippen molar-refractivity contribution < 1.29 is 52.5 Å². The second-order valence-electron chi connectivity index (χ2n) is 13.0. The molecule has 0 heterocycles. The van der Waals surface area contributed by atoms with Crippen LogP contribution < -0.4 is 32.7 Å². The summed E-state index contributed by atoms with van der Waals surface area (Å²) in [6.07, 6.45) is -0.242. The Morgan fingerprint density at radius 2 is 1.33 bits per heavy atom. The molecule has 0 bridgehead atoms. The van der Waals surface area contributed by atoms with Crippen LogP contribution in [0, 0.1) is 11.8 Å². The minimum Gasteiger partial charge on any atom is -0.445 e. The largest absolute Gasteiger partial charge is 0.445 e. The SMILES string of the molecule is CCOCCOCCOCCOCCC(=O)NC(C(=O)NC(CCCNC(N)=O)C(=O)Nc1ccc(COC(=O)N(C)C(C(N)=O)C(C)C)cc1)C(C)C. The van der Waals surface area contributed by atoms with Crippen LogP contribution in [0.3, 0.4) is 0 Å². The molecule has 54 heavy (non-hydrogen) atoms. The maximum absolute atomic E-state index is 13.4. The molecule has 3 unspecified atom stereocenters. The van der Waals surface area contributed by atoms with Crippen LogP contribution in [0.4, 0.5) is 15.3 Å². The highest BCUT2D eigenvalue weighted by atomic mass is 16.6. The Bertz CT molecular complexity index is 1300. The Morgan fingerprint density at radius 3 is 1.85 bits per heavy atom. The highest BCUT2D eigenvalue weighted by molar-refractivity contribution is 5.98. The van der Waals surface area contributed by atoms with E-state index in [1.165, 1.54) is 7.05 Å². The van der Waals surface area contributed by atoms with Crippen molar-refractivity contribution in [2.75, 3.05) is 71.8 Å². The number of benzene rings is 1. The quantitative estimate of drug-likeness (QED) is 0.0662. The number of nitrogens with two attached hydrogens (primary N) is 2. The number of hydrogen-bond acceptors (Lipinski definition) is 11. The van der Waals surface area contributed by atoms with Crippen molar-refractivity contribution in [3.05, 3.63) is 29.8 Å². The molecule has 7 amide bonds. The standard InChI is InChI=1S/C36H61N7O11/c1-7-50-17-18-52-21-22-53-20-19-51-16-14-29(44)42-30(24(2)3)34(47)41-28(9-8-15-39-35(38)48)33(46)40-27-12-10-26(11-13-27)23-54-36(49)43(6)31(25(4)5)32(37)45/h10-13,24-25,28,30-31H,7-9,14-23H2,1-6H3,(H2,37,45)(H,40,46)(H,41,47)(H,42,44)(H3,38,39,48). The highest BCUT2D eigenvalue weighted by Crippen LogP contribution is 2.15. The monoisotopic (exact) mass is 767 g/mol. The molecular formula is C36H61N7O11. The van der Waals surface area contributed by atoms with Crippen LogP contribution >= 0.6 is 0 Å². The van der Waals surface area contributed by atoms with E-state index in [4.69, 9.17) is 35.2 Å². The molecule has 3 atom stereocenters. The molecule has 18 heteroatoms. The van der Waals surface area contributed by atoms with E-state index < -0.39 is 53.9 Å². The number of amides is 7. The molecule has 0 saturated heterocycles. The fourth-order valence-electron chi connectivity index (χ4n) is 5.04. The van der Waals surface area contributed by atoms with Crippen LogP contribution in [0.25, 0.3) is 0 Å². The predicted molar refractivity (Wildman–Crippen MR) is 200 cm³/mol. The van der Waals surface area contributed by atoms with Crippen molar-refractivity contribution in [1.82, 2.24) is 20.9 Å². The first-order chi connectivity index (χ1) is 25.7. The summed E-state index contributed by atoms with van der Waals surface area (Å²) in [6, 6.07) is 2.97. The molecule has 0 aliphatic carbocycles. The van der Waals surface area contributed by atoms with E-state index in [9.17, 15) is 28.8 Å². The maximum atomic E-state index is 13.4.